The van der Waals surface area contributed by atoms with Gasteiger partial charge < -0.3 is 15.4 Å². The summed E-state index contributed by atoms with van der Waals surface area (Å²) in [6, 6.07) is 2.95. The van der Waals surface area contributed by atoms with Crippen LogP contribution in [0.3, 0.4) is 0 Å². The summed E-state index contributed by atoms with van der Waals surface area (Å²) in [5.74, 6) is -3.59. The molecule has 1 heterocycles. The van der Waals surface area contributed by atoms with Gasteiger partial charge in [0, 0.05) is 17.6 Å². The van der Waals surface area contributed by atoms with Gasteiger partial charge in [-0.15, -0.1) is 0 Å². The second-order valence-electron chi connectivity index (χ2n) is 7.31. The number of imide groups is 1. The van der Waals surface area contributed by atoms with E-state index in [9.17, 15) is 23.6 Å². The van der Waals surface area contributed by atoms with E-state index >= 15 is 0 Å². The molecule has 4 amide bonds. The first kappa shape index (κ1) is 20.3. The number of amides is 4. The fourth-order valence-electron chi connectivity index (χ4n) is 2.54. The van der Waals surface area contributed by atoms with Crippen molar-refractivity contribution in [2.24, 2.45) is 0 Å². The number of fused-ring (bicyclic) bond motifs is 1. The first-order chi connectivity index (χ1) is 12.5. The van der Waals surface area contributed by atoms with E-state index in [2.05, 4.69) is 16.0 Å². The highest BCUT2D eigenvalue weighted by Crippen LogP contribution is 2.33. The number of ether oxygens (including phenoxy) is 1. The number of hydrogen-bond donors (Lipinski definition) is 3. The Morgan fingerprint density at radius 1 is 1.30 bits per heavy atom. The predicted octanol–water partition coefficient (Wildman–Crippen LogP) is 1.81. The summed E-state index contributed by atoms with van der Waals surface area (Å²) in [7, 11) is 0. The molecule has 0 radical (unpaired) electrons. The summed E-state index contributed by atoms with van der Waals surface area (Å²) in [6.07, 6.45) is -1.44. The van der Waals surface area contributed by atoms with Crippen molar-refractivity contribution in [1.82, 2.24) is 10.6 Å². The van der Waals surface area contributed by atoms with Crippen molar-refractivity contribution in [2.75, 3.05) is 5.32 Å². The van der Waals surface area contributed by atoms with Crippen molar-refractivity contribution >= 4 is 29.5 Å². The lowest BCUT2D eigenvalue weighted by atomic mass is 9.90. The van der Waals surface area contributed by atoms with Gasteiger partial charge in [0.25, 0.3) is 5.91 Å². The average molecular weight is 379 g/mol. The van der Waals surface area contributed by atoms with Gasteiger partial charge >= 0.3 is 12.0 Å². The van der Waals surface area contributed by atoms with E-state index in [0.29, 0.717) is 5.56 Å². The fraction of sp³-hybridized carbons (Fsp3) is 0.444. The normalized spacial score (nSPS) is 17.2. The first-order valence-electron chi connectivity index (χ1n) is 8.39. The van der Waals surface area contributed by atoms with Crippen molar-refractivity contribution in [1.29, 1.82) is 0 Å². The first-order valence-corrected chi connectivity index (χ1v) is 8.39. The van der Waals surface area contributed by atoms with E-state index in [4.69, 9.17) is 4.74 Å². The van der Waals surface area contributed by atoms with Gasteiger partial charge in [-0.25, -0.2) is 9.18 Å². The molecule has 1 aliphatic rings. The third kappa shape index (κ3) is 5.50. The van der Waals surface area contributed by atoms with Crippen LogP contribution in [0.25, 0.3) is 0 Å². The molecule has 146 valence electrons. The Bertz CT molecular complexity index is 788. The van der Waals surface area contributed by atoms with Crippen molar-refractivity contribution in [3.8, 4) is 0 Å². The molecule has 1 aromatic carbocycles. The van der Waals surface area contributed by atoms with Gasteiger partial charge in [-0.1, -0.05) is 6.07 Å². The van der Waals surface area contributed by atoms with Crippen molar-refractivity contribution in [3.63, 3.8) is 0 Å². The van der Waals surface area contributed by atoms with Gasteiger partial charge in [0.1, 0.15) is 5.82 Å². The van der Waals surface area contributed by atoms with Crippen LogP contribution in [0.4, 0.5) is 14.9 Å². The van der Waals surface area contributed by atoms with Crippen molar-refractivity contribution < 1.29 is 28.3 Å². The Kier molecular flexibility index (Phi) is 5.82. The average Bonchev–Trinajstić information content (AvgIpc) is 2.51. The minimum atomic E-state index is -1.25. The zero-order chi connectivity index (χ0) is 20.4. The summed E-state index contributed by atoms with van der Waals surface area (Å²) >= 11 is 0. The van der Waals surface area contributed by atoms with Crippen LogP contribution in [0.1, 0.15) is 45.6 Å². The molecule has 9 heteroatoms. The molecule has 0 bridgehead atoms. The maximum absolute atomic E-state index is 13.3. The fourth-order valence-corrected chi connectivity index (χ4v) is 2.54. The Balaban J connectivity index is 2.03. The van der Waals surface area contributed by atoms with E-state index in [1.54, 1.807) is 20.8 Å². The van der Waals surface area contributed by atoms with E-state index in [1.165, 1.54) is 19.1 Å². The van der Waals surface area contributed by atoms with Crippen molar-refractivity contribution in [3.05, 3.63) is 29.6 Å². The number of hydrogen-bond acceptors (Lipinski definition) is 5. The van der Waals surface area contributed by atoms with Gasteiger partial charge in [-0.3, -0.25) is 19.7 Å². The molecular weight excluding hydrogens is 357 g/mol. The molecule has 0 aliphatic carbocycles. The number of carbonyl (C=O) groups is 4. The Morgan fingerprint density at radius 3 is 2.59 bits per heavy atom. The van der Waals surface area contributed by atoms with E-state index in [-0.39, 0.29) is 12.1 Å². The highest BCUT2D eigenvalue weighted by Gasteiger charge is 2.34. The number of esters is 1. The number of benzene rings is 1. The van der Waals surface area contributed by atoms with Gasteiger partial charge in [-0.2, -0.15) is 0 Å². The van der Waals surface area contributed by atoms with Gasteiger partial charge in [0.15, 0.2) is 6.10 Å². The second-order valence-corrected chi connectivity index (χ2v) is 7.31. The molecule has 2 unspecified atom stereocenters. The molecule has 27 heavy (non-hydrogen) atoms. The van der Waals surface area contributed by atoms with Crippen LogP contribution < -0.4 is 16.0 Å². The van der Waals surface area contributed by atoms with E-state index in [0.717, 1.165) is 6.07 Å². The highest BCUT2D eigenvalue weighted by atomic mass is 19.1. The number of urea groups is 1. The van der Waals surface area contributed by atoms with E-state index in [1.807, 2.05) is 0 Å². The van der Waals surface area contributed by atoms with Crippen LogP contribution >= 0.6 is 0 Å². The maximum Gasteiger partial charge on any atom is 0.321 e. The van der Waals surface area contributed by atoms with Crippen LogP contribution in [0.2, 0.25) is 0 Å². The molecule has 1 aromatic rings. The Labute approximate surface area is 155 Å². The van der Waals surface area contributed by atoms with Crippen LogP contribution in [-0.2, 0) is 19.1 Å². The SMILES string of the molecule is CC(OC(=O)C1CC(=O)Nc2cc(F)ccc21)C(=O)NC(=O)NC(C)(C)C. The lowest BCUT2D eigenvalue weighted by Crippen LogP contribution is -2.50. The molecule has 0 fully saturated rings. The maximum atomic E-state index is 13.3. The molecule has 0 saturated carbocycles. The summed E-state index contributed by atoms with van der Waals surface area (Å²) in [4.78, 5) is 48.0. The van der Waals surface area contributed by atoms with Crippen LogP contribution in [-0.4, -0.2) is 35.5 Å². The zero-order valence-electron chi connectivity index (χ0n) is 15.5. The largest absolute Gasteiger partial charge is 0.452 e. The molecular formula is C18H22FN3O5. The number of anilines is 1. The molecule has 2 rings (SSSR count). The zero-order valence-corrected chi connectivity index (χ0v) is 15.5. The summed E-state index contributed by atoms with van der Waals surface area (Å²) in [5.41, 5.74) is 0.0487. The van der Waals surface area contributed by atoms with Crippen LogP contribution in [0, 0.1) is 5.82 Å². The van der Waals surface area contributed by atoms with E-state index < -0.39 is 47.2 Å². The summed E-state index contributed by atoms with van der Waals surface area (Å²) in [6.45, 7) is 6.55. The highest BCUT2D eigenvalue weighted by molar-refractivity contribution is 6.01. The van der Waals surface area contributed by atoms with Gasteiger partial charge in [0.2, 0.25) is 5.91 Å². The molecule has 0 aromatic heterocycles. The minimum Gasteiger partial charge on any atom is -0.452 e. The molecule has 8 nitrogen and oxygen atoms in total. The smallest absolute Gasteiger partial charge is 0.321 e. The third-order valence-electron chi connectivity index (χ3n) is 3.73. The lowest BCUT2D eigenvalue weighted by molar-refractivity contribution is -0.156. The Hall–Kier alpha value is -2.97. The number of halogens is 1. The van der Waals surface area contributed by atoms with Crippen LogP contribution in [0.15, 0.2) is 18.2 Å². The monoisotopic (exact) mass is 379 g/mol. The standard InChI is InChI=1S/C18H22FN3O5/c1-9(15(24)21-17(26)22-18(2,3)4)27-16(25)12-8-14(23)20-13-7-10(19)5-6-11(12)13/h5-7,9,12H,8H2,1-4H3,(H,20,23)(H2,21,22,24,26). The number of carbonyl (C=O) groups excluding carboxylic acids is 4. The second kappa shape index (κ2) is 7.73. The minimum absolute atomic E-state index is 0.184. The quantitative estimate of drug-likeness (QED) is 0.693. The molecule has 2 atom stereocenters. The summed E-state index contributed by atoms with van der Waals surface area (Å²) < 4.78 is 18.5. The lowest BCUT2D eigenvalue weighted by Gasteiger charge is -2.25. The third-order valence-corrected chi connectivity index (χ3v) is 3.73. The van der Waals surface area contributed by atoms with Crippen molar-refractivity contribution in [2.45, 2.75) is 51.7 Å². The van der Waals surface area contributed by atoms with Gasteiger partial charge in [-0.05, 0) is 45.4 Å². The van der Waals surface area contributed by atoms with Crippen LogP contribution in [0.5, 0.6) is 0 Å². The Morgan fingerprint density at radius 2 is 1.96 bits per heavy atom. The molecule has 0 saturated heterocycles. The topological polar surface area (TPSA) is 114 Å². The number of nitrogens with one attached hydrogen (secondary N) is 3. The molecule has 1 aliphatic heterocycles. The number of rotatable bonds is 3. The van der Waals surface area contributed by atoms with Gasteiger partial charge in [0.05, 0.1) is 5.92 Å². The molecule has 0 spiro atoms. The predicted molar refractivity (Wildman–Crippen MR) is 94.4 cm³/mol. The molecule has 3 N–H and O–H groups in total. The summed E-state index contributed by atoms with van der Waals surface area (Å²) in [5, 5.41) is 7.12.